The average molecular weight is 262 g/mol. The Labute approximate surface area is 108 Å². The fourth-order valence-corrected chi connectivity index (χ4v) is 2.99. The van der Waals surface area contributed by atoms with Crippen LogP contribution in [0.5, 0.6) is 0 Å². The molecule has 0 aliphatic heterocycles. The van der Waals surface area contributed by atoms with E-state index < -0.39 is 0 Å². The van der Waals surface area contributed by atoms with E-state index in [1.807, 2.05) is 18.2 Å². The maximum atomic E-state index is 9.23. The van der Waals surface area contributed by atoms with Crippen LogP contribution in [0.3, 0.4) is 0 Å². The summed E-state index contributed by atoms with van der Waals surface area (Å²) in [7, 11) is 0. The van der Waals surface area contributed by atoms with Crippen LogP contribution in [-0.2, 0) is 0 Å². The van der Waals surface area contributed by atoms with Crippen molar-refractivity contribution in [2.24, 2.45) is 0 Å². The fourth-order valence-electron chi connectivity index (χ4n) is 1.33. The van der Waals surface area contributed by atoms with Gasteiger partial charge in [-0.1, -0.05) is 13.0 Å². The van der Waals surface area contributed by atoms with Crippen LogP contribution in [0.2, 0.25) is 0 Å². The molecule has 0 saturated heterocycles. The Kier molecular flexibility index (Phi) is 4.07. The zero-order valence-corrected chi connectivity index (χ0v) is 10.8. The van der Waals surface area contributed by atoms with Gasteiger partial charge < -0.3 is 0 Å². The van der Waals surface area contributed by atoms with Crippen LogP contribution in [0.15, 0.2) is 39.5 Å². The first kappa shape index (κ1) is 12.0. The first-order chi connectivity index (χ1) is 8.35. The summed E-state index contributed by atoms with van der Waals surface area (Å²) in [5.74, 6) is 0.950. The first-order valence-corrected chi connectivity index (χ1v) is 6.84. The lowest BCUT2D eigenvalue weighted by molar-refractivity contribution is 0.972. The van der Waals surface area contributed by atoms with E-state index in [9.17, 15) is 5.26 Å². The maximum absolute atomic E-state index is 9.23. The van der Waals surface area contributed by atoms with Crippen molar-refractivity contribution in [1.29, 1.82) is 5.26 Å². The second-order valence-electron chi connectivity index (χ2n) is 3.07. The summed E-state index contributed by atoms with van der Waals surface area (Å²) in [6.07, 6.45) is 1.46. The Morgan fingerprint density at radius 3 is 2.88 bits per heavy atom. The van der Waals surface area contributed by atoms with Crippen molar-refractivity contribution in [2.75, 3.05) is 5.75 Å². The van der Waals surface area contributed by atoms with E-state index in [0.717, 1.165) is 15.5 Å². The highest BCUT2D eigenvalue weighted by Crippen LogP contribution is 2.33. The van der Waals surface area contributed by atoms with Gasteiger partial charge in [-0.05, 0) is 29.6 Å². The van der Waals surface area contributed by atoms with Gasteiger partial charge >= 0.3 is 0 Å². The average Bonchev–Trinajstić information content (AvgIpc) is 2.83. The normalized spacial score (nSPS) is 10.1. The van der Waals surface area contributed by atoms with E-state index in [-0.39, 0.29) is 0 Å². The zero-order chi connectivity index (χ0) is 12.1. The molecular weight excluding hydrogens is 252 g/mol. The lowest BCUT2D eigenvalue weighted by atomic mass is 10.2. The number of nitriles is 1. The Hall–Kier alpha value is -1.45. The lowest BCUT2D eigenvalue weighted by Crippen LogP contribution is -1.87. The van der Waals surface area contributed by atoms with Crippen LogP contribution in [-0.4, -0.2) is 20.9 Å². The molecule has 4 nitrogen and oxygen atoms in total. The van der Waals surface area contributed by atoms with Gasteiger partial charge in [0.1, 0.15) is 12.4 Å². The fraction of sp³-hybridized carbons (Fsp3) is 0.182. The molecule has 0 amide bonds. The number of nitrogens with zero attached hydrogens (tertiary/aromatic N) is 3. The van der Waals surface area contributed by atoms with E-state index in [1.165, 1.54) is 18.1 Å². The highest BCUT2D eigenvalue weighted by molar-refractivity contribution is 8.00. The molecule has 1 aromatic carbocycles. The van der Waals surface area contributed by atoms with Gasteiger partial charge in [-0.2, -0.15) is 10.4 Å². The van der Waals surface area contributed by atoms with Gasteiger partial charge in [-0.15, -0.1) is 11.8 Å². The van der Waals surface area contributed by atoms with Gasteiger partial charge in [0, 0.05) is 9.79 Å². The Morgan fingerprint density at radius 2 is 2.24 bits per heavy atom. The summed E-state index contributed by atoms with van der Waals surface area (Å²) in [5, 5.41) is 16.5. The highest BCUT2D eigenvalue weighted by atomic mass is 32.2. The summed E-state index contributed by atoms with van der Waals surface area (Å²) in [4.78, 5) is 5.96. The maximum Gasteiger partial charge on any atom is 0.188 e. The number of hydrogen-bond donors (Lipinski definition) is 1. The number of nitrogens with one attached hydrogen (secondary N) is 1. The molecule has 0 spiro atoms. The third-order valence-electron chi connectivity index (χ3n) is 2.00. The van der Waals surface area contributed by atoms with Crippen molar-refractivity contribution in [3.8, 4) is 6.07 Å². The van der Waals surface area contributed by atoms with Crippen LogP contribution in [0.1, 0.15) is 12.5 Å². The summed E-state index contributed by atoms with van der Waals surface area (Å²) >= 11 is 3.09. The standard InChI is InChI=1S/C11H10N4S2/c1-2-16-9-4-3-5-10(8(9)6-12)17-11-13-7-14-15-11/h3-5,7H,2H2,1H3,(H,13,14,15). The van der Waals surface area contributed by atoms with Crippen molar-refractivity contribution < 1.29 is 0 Å². The molecule has 0 aliphatic rings. The smallest absolute Gasteiger partial charge is 0.188 e. The Morgan fingerprint density at radius 1 is 1.41 bits per heavy atom. The second-order valence-corrected chi connectivity index (χ2v) is 5.40. The van der Waals surface area contributed by atoms with Crippen LogP contribution >= 0.6 is 23.5 Å². The van der Waals surface area contributed by atoms with Crippen LogP contribution in [0.25, 0.3) is 0 Å². The zero-order valence-electron chi connectivity index (χ0n) is 9.17. The van der Waals surface area contributed by atoms with Crippen molar-refractivity contribution in [3.05, 3.63) is 30.1 Å². The van der Waals surface area contributed by atoms with E-state index in [2.05, 4.69) is 28.2 Å². The number of hydrogen-bond acceptors (Lipinski definition) is 5. The van der Waals surface area contributed by atoms with Crippen molar-refractivity contribution in [1.82, 2.24) is 15.2 Å². The summed E-state index contributed by atoms with van der Waals surface area (Å²) in [6.45, 7) is 2.07. The van der Waals surface area contributed by atoms with E-state index in [0.29, 0.717) is 10.7 Å². The topological polar surface area (TPSA) is 65.4 Å². The third-order valence-corrected chi connectivity index (χ3v) is 3.89. The van der Waals surface area contributed by atoms with Crippen LogP contribution < -0.4 is 0 Å². The monoisotopic (exact) mass is 262 g/mol. The minimum absolute atomic E-state index is 0.695. The highest BCUT2D eigenvalue weighted by Gasteiger charge is 2.10. The van der Waals surface area contributed by atoms with Crippen molar-refractivity contribution >= 4 is 23.5 Å². The van der Waals surface area contributed by atoms with Gasteiger partial charge in [-0.3, -0.25) is 5.10 Å². The number of aromatic amines is 1. The van der Waals surface area contributed by atoms with Crippen LogP contribution in [0.4, 0.5) is 0 Å². The summed E-state index contributed by atoms with van der Waals surface area (Å²) in [5.41, 5.74) is 0.709. The van der Waals surface area contributed by atoms with Crippen molar-refractivity contribution in [3.63, 3.8) is 0 Å². The molecule has 2 aromatic rings. The molecule has 0 saturated carbocycles. The molecule has 0 radical (unpaired) electrons. The molecule has 0 atom stereocenters. The van der Waals surface area contributed by atoms with E-state index in [4.69, 9.17) is 0 Å². The number of rotatable bonds is 4. The molecule has 17 heavy (non-hydrogen) atoms. The molecule has 0 fully saturated rings. The van der Waals surface area contributed by atoms with Gasteiger partial charge in [0.2, 0.25) is 0 Å². The largest absolute Gasteiger partial charge is 0.254 e. The molecule has 86 valence electrons. The quantitative estimate of drug-likeness (QED) is 0.858. The molecule has 2 rings (SSSR count). The van der Waals surface area contributed by atoms with Crippen LogP contribution in [0, 0.1) is 11.3 Å². The van der Waals surface area contributed by atoms with E-state index in [1.54, 1.807) is 11.8 Å². The SMILES string of the molecule is CCSc1cccc(Sc2ncn[nH]2)c1C#N. The number of thioether (sulfide) groups is 1. The van der Waals surface area contributed by atoms with Gasteiger partial charge in [0.05, 0.1) is 5.56 Å². The lowest BCUT2D eigenvalue weighted by Gasteiger charge is -2.06. The Balaban J connectivity index is 2.34. The molecule has 1 heterocycles. The molecular formula is C11H10N4S2. The van der Waals surface area contributed by atoms with E-state index >= 15 is 0 Å². The predicted molar refractivity (Wildman–Crippen MR) is 68.1 cm³/mol. The minimum Gasteiger partial charge on any atom is -0.254 e. The van der Waals surface area contributed by atoms with Gasteiger partial charge in [-0.25, -0.2) is 4.98 Å². The third kappa shape index (κ3) is 2.81. The second kappa shape index (κ2) is 5.75. The summed E-state index contributed by atoms with van der Waals surface area (Å²) < 4.78 is 0. The molecule has 0 bridgehead atoms. The summed E-state index contributed by atoms with van der Waals surface area (Å²) in [6, 6.07) is 8.11. The molecule has 0 unspecified atom stereocenters. The first-order valence-electron chi connectivity index (χ1n) is 5.04. The molecule has 1 N–H and O–H groups in total. The van der Waals surface area contributed by atoms with Gasteiger partial charge in [0.15, 0.2) is 5.16 Å². The molecule has 6 heteroatoms. The van der Waals surface area contributed by atoms with Gasteiger partial charge in [0.25, 0.3) is 0 Å². The molecule has 1 aromatic heterocycles. The number of H-pyrrole nitrogens is 1. The number of benzene rings is 1. The van der Waals surface area contributed by atoms with Crippen molar-refractivity contribution in [2.45, 2.75) is 21.9 Å². The Bertz CT molecular complexity index is 531. The predicted octanol–water partition coefficient (Wildman–Crippen LogP) is 2.94. The molecule has 0 aliphatic carbocycles. The number of aromatic nitrogens is 3. The minimum atomic E-state index is 0.695.